The Morgan fingerprint density at radius 2 is 2.00 bits per heavy atom. The van der Waals surface area contributed by atoms with Crippen LogP contribution in [0.4, 0.5) is 0 Å². The van der Waals surface area contributed by atoms with Gasteiger partial charge in [-0.05, 0) is 18.2 Å². The average Bonchev–Trinajstić information content (AvgIpc) is 2.50. The number of hydrogen-bond acceptors (Lipinski definition) is 4. The van der Waals surface area contributed by atoms with Gasteiger partial charge in [-0.1, -0.05) is 11.6 Å². The van der Waals surface area contributed by atoms with Gasteiger partial charge in [0.2, 0.25) is 0 Å². The molecule has 1 aromatic rings. The molecule has 1 aromatic carbocycles. The maximum Gasteiger partial charge on any atom is 0.317 e. The fraction of sp³-hybridized carbons (Fsp3) is 0.250. The molecule has 0 radical (unpaired) electrons. The number of fused-ring (bicyclic) bond motifs is 1. The van der Waals surface area contributed by atoms with Gasteiger partial charge in [-0.3, -0.25) is 19.2 Å². The van der Waals surface area contributed by atoms with E-state index < -0.39 is 47.2 Å². The van der Waals surface area contributed by atoms with Crippen LogP contribution in [0, 0.1) is 6.57 Å². The molecule has 7 heteroatoms. The van der Waals surface area contributed by atoms with Crippen LogP contribution in [-0.2, 0) is 19.9 Å². The lowest BCUT2D eigenvalue weighted by Gasteiger charge is -2.25. The number of Topliss-reactive ketones (excluding diaryl/α,β-unsaturated/α-hetero) is 2. The third-order valence-electron chi connectivity index (χ3n) is 3.74. The standard InChI is InChI=1S/C16H12ClNO5/c1-16(18-2)10-4-3-8(17)7-9(10)14(22)13(15(16)23)11(19)5-6-12(20)21/h3-4,7,22H,5-6H2,1H3,(H,20,21). The third-order valence-corrected chi connectivity index (χ3v) is 3.97. The van der Waals surface area contributed by atoms with Crippen LogP contribution < -0.4 is 0 Å². The number of benzene rings is 1. The molecule has 0 saturated heterocycles. The van der Waals surface area contributed by atoms with Crippen molar-refractivity contribution in [3.05, 3.63) is 51.3 Å². The number of hydrogen-bond donors (Lipinski definition) is 2. The number of carboxylic acid groups (broad SMARTS) is 1. The van der Waals surface area contributed by atoms with E-state index in [9.17, 15) is 19.5 Å². The molecule has 0 heterocycles. The van der Waals surface area contributed by atoms with Crippen molar-refractivity contribution in [1.29, 1.82) is 0 Å². The Kier molecular flexibility index (Phi) is 4.26. The van der Waals surface area contributed by atoms with Gasteiger partial charge in [0.1, 0.15) is 11.3 Å². The quantitative estimate of drug-likeness (QED) is 0.652. The van der Waals surface area contributed by atoms with Crippen molar-refractivity contribution in [1.82, 2.24) is 0 Å². The van der Waals surface area contributed by atoms with Gasteiger partial charge in [0, 0.05) is 23.9 Å². The zero-order chi connectivity index (χ0) is 17.4. The molecule has 6 nitrogen and oxygen atoms in total. The van der Waals surface area contributed by atoms with E-state index in [4.69, 9.17) is 23.3 Å². The van der Waals surface area contributed by atoms with Crippen molar-refractivity contribution < 1.29 is 24.6 Å². The SMILES string of the molecule is [C-]#[N+]C1(C)C(=O)C(C(=O)CCC(=O)O)=C(O)c2cc(Cl)ccc21. The lowest BCUT2D eigenvalue weighted by molar-refractivity contribution is -0.138. The number of halogens is 1. The maximum atomic E-state index is 12.6. The second-order valence-corrected chi connectivity index (χ2v) is 5.68. The Hall–Kier alpha value is -2.65. The first-order valence-corrected chi connectivity index (χ1v) is 7.02. The van der Waals surface area contributed by atoms with Crippen molar-refractivity contribution in [2.45, 2.75) is 25.3 Å². The minimum Gasteiger partial charge on any atom is -0.506 e. The average molecular weight is 334 g/mol. The first-order valence-electron chi connectivity index (χ1n) is 6.64. The van der Waals surface area contributed by atoms with E-state index in [1.165, 1.54) is 25.1 Å². The summed E-state index contributed by atoms with van der Waals surface area (Å²) in [5, 5.41) is 19.2. The Bertz CT molecular complexity index is 805. The second-order valence-electron chi connectivity index (χ2n) is 5.24. The number of aliphatic hydroxyl groups is 1. The number of carbonyl (C=O) groups excluding carboxylic acids is 2. The van der Waals surface area contributed by atoms with Crippen molar-refractivity contribution in [2.75, 3.05) is 0 Å². The molecule has 0 amide bonds. The highest BCUT2D eigenvalue weighted by molar-refractivity contribution is 6.32. The van der Waals surface area contributed by atoms with Crippen LogP contribution in [0.5, 0.6) is 0 Å². The topological polar surface area (TPSA) is 96.0 Å². The molecule has 1 atom stereocenters. The number of carboxylic acids is 1. The lowest BCUT2D eigenvalue weighted by atomic mass is 9.75. The molecular formula is C16H12ClNO5. The highest BCUT2D eigenvalue weighted by Gasteiger charge is 2.51. The first kappa shape index (κ1) is 16.7. The lowest BCUT2D eigenvalue weighted by Crippen LogP contribution is -2.37. The van der Waals surface area contributed by atoms with Gasteiger partial charge in [-0.25, -0.2) is 6.57 Å². The van der Waals surface area contributed by atoms with Crippen LogP contribution in [0.15, 0.2) is 23.8 Å². The monoisotopic (exact) mass is 333 g/mol. The summed E-state index contributed by atoms with van der Waals surface area (Å²) in [6.07, 6.45) is -0.912. The Morgan fingerprint density at radius 1 is 1.35 bits per heavy atom. The van der Waals surface area contributed by atoms with E-state index in [0.717, 1.165) is 0 Å². The summed E-state index contributed by atoms with van der Waals surface area (Å²) in [4.78, 5) is 38.7. The summed E-state index contributed by atoms with van der Waals surface area (Å²) in [6.45, 7) is 8.69. The molecule has 0 aliphatic heterocycles. The molecule has 0 bridgehead atoms. The number of aliphatic carboxylic acids is 1. The summed E-state index contributed by atoms with van der Waals surface area (Å²) in [7, 11) is 0. The van der Waals surface area contributed by atoms with E-state index in [1.54, 1.807) is 0 Å². The molecule has 0 saturated carbocycles. The maximum absolute atomic E-state index is 12.6. The van der Waals surface area contributed by atoms with E-state index >= 15 is 0 Å². The molecule has 23 heavy (non-hydrogen) atoms. The minimum absolute atomic E-state index is 0.134. The van der Waals surface area contributed by atoms with E-state index in [1.807, 2.05) is 0 Å². The van der Waals surface area contributed by atoms with Crippen LogP contribution >= 0.6 is 11.6 Å². The van der Waals surface area contributed by atoms with Crippen LogP contribution in [0.3, 0.4) is 0 Å². The van der Waals surface area contributed by atoms with Crippen LogP contribution in [0.1, 0.15) is 30.9 Å². The molecule has 1 unspecified atom stereocenters. The second kappa shape index (κ2) is 5.86. The van der Waals surface area contributed by atoms with Gasteiger partial charge in [-0.2, -0.15) is 0 Å². The van der Waals surface area contributed by atoms with Gasteiger partial charge in [0.15, 0.2) is 5.78 Å². The third kappa shape index (κ3) is 2.71. The zero-order valence-electron chi connectivity index (χ0n) is 12.1. The number of nitrogens with zero attached hydrogens (tertiary/aromatic N) is 1. The predicted octanol–water partition coefficient (Wildman–Crippen LogP) is 2.76. The van der Waals surface area contributed by atoms with E-state index in [2.05, 4.69) is 4.85 Å². The van der Waals surface area contributed by atoms with Crippen LogP contribution in [0.25, 0.3) is 10.6 Å². The largest absolute Gasteiger partial charge is 0.506 e. The molecule has 2 rings (SSSR count). The van der Waals surface area contributed by atoms with Crippen LogP contribution in [-0.4, -0.2) is 27.7 Å². The number of aliphatic hydroxyl groups excluding tert-OH is 1. The number of ketones is 2. The first-order chi connectivity index (χ1) is 10.7. The van der Waals surface area contributed by atoms with Crippen LogP contribution in [0.2, 0.25) is 5.02 Å². The summed E-state index contributed by atoms with van der Waals surface area (Å²) in [6, 6.07) is 4.32. The Morgan fingerprint density at radius 3 is 2.57 bits per heavy atom. The van der Waals surface area contributed by atoms with Gasteiger partial charge in [-0.15, -0.1) is 0 Å². The number of carbonyl (C=O) groups is 3. The molecule has 118 valence electrons. The molecule has 2 N–H and O–H groups in total. The molecule has 0 aromatic heterocycles. The van der Waals surface area contributed by atoms with Gasteiger partial charge < -0.3 is 10.2 Å². The smallest absolute Gasteiger partial charge is 0.317 e. The van der Waals surface area contributed by atoms with E-state index in [0.29, 0.717) is 0 Å². The minimum atomic E-state index is -1.67. The summed E-state index contributed by atoms with van der Waals surface area (Å²) in [5.74, 6) is -3.41. The molecular weight excluding hydrogens is 322 g/mol. The Labute approximate surface area is 136 Å². The van der Waals surface area contributed by atoms with Gasteiger partial charge >= 0.3 is 11.5 Å². The summed E-state index contributed by atoms with van der Waals surface area (Å²) < 4.78 is 0. The highest BCUT2D eigenvalue weighted by Crippen LogP contribution is 2.42. The highest BCUT2D eigenvalue weighted by atomic mass is 35.5. The van der Waals surface area contributed by atoms with E-state index in [-0.39, 0.29) is 16.1 Å². The summed E-state index contributed by atoms with van der Waals surface area (Å²) >= 11 is 5.89. The fourth-order valence-corrected chi connectivity index (χ4v) is 2.63. The van der Waals surface area contributed by atoms with Gasteiger partial charge in [0.25, 0.3) is 5.78 Å². The zero-order valence-corrected chi connectivity index (χ0v) is 12.8. The fourth-order valence-electron chi connectivity index (χ4n) is 2.46. The molecule has 1 aliphatic rings. The molecule has 0 fully saturated rings. The van der Waals surface area contributed by atoms with Gasteiger partial charge in [0.05, 0.1) is 12.0 Å². The molecule has 0 spiro atoms. The summed E-state index contributed by atoms with van der Waals surface area (Å²) in [5.41, 5.74) is -1.82. The predicted molar refractivity (Wildman–Crippen MR) is 81.8 cm³/mol. The van der Waals surface area contributed by atoms with Crippen molar-refractivity contribution in [3.8, 4) is 0 Å². The number of rotatable bonds is 4. The van der Waals surface area contributed by atoms with Crippen molar-refractivity contribution >= 4 is 34.9 Å². The normalized spacial score (nSPS) is 20.0. The Balaban J connectivity index is 2.64. The molecule has 1 aliphatic carbocycles. The van der Waals surface area contributed by atoms with Crippen molar-refractivity contribution in [2.24, 2.45) is 0 Å². The van der Waals surface area contributed by atoms with Crippen molar-refractivity contribution in [3.63, 3.8) is 0 Å².